The lowest BCUT2D eigenvalue weighted by molar-refractivity contribution is 0.0594. The zero-order chi connectivity index (χ0) is 45.3. The Morgan fingerprint density at radius 2 is 1.22 bits per heavy atom. The fourth-order valence-electron chi connectivity index (χ4n) is 9.46. The highest BCUT2D eigenvalue weighted by atomic mass is 35.5. The molecule has 346 valence electrons. The normalized spacial score (nSPS) is 24.2. The van der Waals surface area contributed by atoms with E-state index in [2.05, 4.69) is 30.8 Å². The first-order valence-corrected chi connectivity index (χ1v) is 23.3. The summed E-state index contributed by atoms with van der Waals surface area (Å²) in [5.74, 6) is -0.481. The highest BCUT2D eigenvalue weighted by Gasteiger charge is 2.32. The van der Waals surface area contributed by atoms with Crippen LogP contribution in [0.4, 0.5) is 20.2 Å². The Balaban J connectivity index is 0.000000191. The number of nitrogens with one attached hydrogen (secondary N) is 2. The molecule has 3 atom stereocenters. The van der Waals surface area contributed by atoms with Crippen molar-refractivity contribution < 1.29 is 28.2 Å². The molecular weight excluding hydrogens is 869 g/mol. The average Bonchev–Trinajstić information content (AvgIpc) is 3.31. The van der Waals surface area contributed by atoms with Gasteiger partial charge in [-0.25, -0.2) is 19.3 Å². The summed E-state index contributed by atoms with van der Waals surface area (Å²) in [4.78, 5) is 46.1. The molecule has 8 rings (SSSR count). The van der Waals surface area contributed by atoms with E-state index in [-0.39, 0.29) is 50.9 Å². The number of hydrogen-bond donors (Lipinski definition) is 3. The molecule has 0 amide bonds. The number of hydrogen-bond acceptors (Lipinski definition) is 12. The van der Waals surface area contributed by atoms with Crippen LogP contribution in [0, 0.1) is 49.4 Å². The van der Waals surface area contributed by atoms with Crippen LogP contribution < -0.4 is 21.8 Å². The standard InChI is InChI=1S/C23H30ClFN4O3.C23H28ClFN4O3/c2*1-14-18(8-9-20(25)28-14)22(30)16-4-6-17(7-5-16)29-23(31)21(24)19(12-27-29)26-11-15-3-2-10-32-13-15/h8-9,12,15-17,22,26,30H,2-7,10-11,13H2,1H3;8-9,12,15-17,26H,2-7,10-11,13H2,1H3. The molecule has 3 N–H and O–H groups in total. The van der Waals surface area contributed by atoms with Crippen molar-refractivity contribution in [2.24, 2.45) is 23.7 Å². The lowest BCUT2D eigenvalue weighted by Crippen LogP contribution is -2.32. The Hall–Kier alpha value is -4.35. The van der Waals surface area contributed by atoms with E-state index in [1.165, 1.54) is 27.6 Å². The van der Waals surface area contributed by atoms with E-state index in [4.69, 9.17) is 32.7 Å². The first-order valence-electron chi connectivity index (χ1n) is 22.5. The molecule has 64 heavy (non-hydrogen) atoms. The Morgan fingerprint density at radius 3 is 1.69 bits per heavy atom. The van der Waals surface area contributed by atoms with Crippen molar-refractivity contribution in [2.45, 2.75) is 109 Å². The summed E-state index contributed by atoms with van der Waals surface area (Å²) in [5, 5.41) is 26.3. The highest BCUT2D eigenvalue weighted by molar-refractivity contribution is 6.33. The maximum absolute atomic E-state index is 13.3. The molecule has 18 heteroatoms. The van der Waals surface area contributed by atoms with Crippen LogP contribution in [0.2, 0.25) is 10.0 Å². The smallest absolute Gasteiger partial charge is 0.287 e. The zero-order valence-electron chi connectivity index (χ0n) is 36.4. The predicted molar refractivity (Wildman–Crippen MR) is 240 cm³/mol. The van der Waals surface area contributed by atoms with Crippen LogP contribution in [0.25, 0.3) is 0 Å². The van der Waals surface area contributed by atoms with Gasteiger partial charge >= 0.3 is 0 Å². The maximum Gasteiger partial charge on any atom is 0.287 e. The molecule has 4 fully saturated rings. The molecule has 4 aromatic rings. The van der Waals surface area contributed by atoms with Gasteiger partial charge in [-0.2, -0.15) is 19.0 Å². The number of pyridine rings is 2. The van der Waals surface area contributed by atoms with Crippen LogP contribution >= 0.6 is 23.2 Å². The van der Waals surface area contributed by atoms with Crippen molar-refractivity contribution in [1.29, 1.82) is 0 Å². The number of ether oxygens (including phenoxy) is 2. The monoisotopic (exact) mass is 926 g/mol. The van der Waals surface area contributed by atoms with Gasteiger partial charge in [-0.3, -0.25) is 14.4 Å². The molecule has 6 heterocycles. The second kappa shape index (κ2) is 22.2. The van der Waals surface area contributed by atoms with Crippen molar-refractivity contribution in [3.63, 3.8) is 0 Å². The third-order valence-corrected chi connectivity index (χ3v) is 14.0. The molecule has 0 bridgehead atoms. The van der Waals surface area contributed by atoms with Crippen LogP contribution in [0.5, 0.6) is 0 Å². The Bertz CT molecular complexity index is 2340. The van der Waals surface area contributed by atoms with Crippen LogP contribution in [-0.4, -0.2) is 79.9 Å². The number of carbonyl (C=O) groups excluding carboxylic acids is 1. The highest BCUT2D eigenvalue weighted by Crippen LogP contribution is 2.39. The van der Waals surface area contributed by atoms with Gasteiger partial charge in [0.25, 0.3) is 11.1 Å². The van der Waals surface area contributed by atoms with E-state index in [0.717, 1.165) is 58.3 Å². The number of carbonyl (C=O) groups is 1. The minimum atomic E-state index is -0.701. The van der Waals surface area contributed by atoms with Crippen molar-refractivity contribution in [1.82, 2.24) is 29.5 Å². The number of halogens is 4. The Kier molecular flexibility index (Phi) is 16.5. The Morgan fingerprint density at radius 1 is 0.734 bits per heavy atom. The number of aliphatic hydroxyl groups is 1. The summed E-state index contributed by atoms with van der Waals surface area (Å²) in [7, 11) is 0. The largest absolute Gasteiger partial charge is 0.388 e. The fourth-order valence-corrected chi connectivity index (χ4v) is 9.87. The molecule has 14 nitrogen and oxygen atoms in total. The van der Waals surface area contributed by atoms with Crippen LogP contribution in [0.3, 0.4) is 0 Å². The van der Waals surface area contributed by atoms with Crippen molar-refractivity contribution >= 4 is 40.4 Å². The maximum atomic E-state index is 13.3. The summed E-state index contributed by atoms with van der Waals surface area (Å²) in [6, 6.07) is 5.44. The topological polar surface area (TPSA) is 175 Å². The lowest BCUT2D eigenvalue weighted by Gasteiger charge is -2.32. The number of aliphatic hydroxyl groups excluding tert-OH is 1. The summed E-state index contributed by atoms with van der Waals surface area (Å²) < 4.78 is 40.4. The number of ketones is 1. The number of nitrogens with zero attached hydrogens (tertiary/aromatic N) is 6. The summed E-state index contributed by atoms with van der Waals surface area (Å²) in [6.45, 7) is 7.79. The fraction of sp³-hybridized carbons (Fsp3) is 0.587. The second-order valence-electron chi connectivity index (χ2n) is 17.6. The van der Waals surface area contributed by atoms with Gasteiger partial charge in [0.2, 0.25) is 11.9 Å². The number of aromatic nitrogens is 6. The first-order chi connectivity index (χ1) is 30.9. The molecule has 4 aliphatic rings. The molecule has 2 saturated carbocycles. The first kappa shape index (κ1) is 47.6. The van der Waals surface area contributed by atoms with Crippen molar-refractivity contribution in [3.05, 3.63) is 102 Å². The van der Waals surface area contributed by atoms with Gasteiger partial charge in [0.15, 0.2) is 5.78 Å². The van der Waals surface area contributed by atoms with E-state index in [0.29, 0.717) is 104 Å². The van der Waals surface area contributed by atoms with Crippen molar-refractivity contribution in [3.8, 4) is 0 Å². The minimum Gasteiger partial charge on any atom is -0.388 e. The zero-order valence-corrected chi connectivity index (χ0v) is 37.9. The SMILES string of the molecule is Cc1nc(F)ccc1C(=O)C1CCC(n2ncc(NCC3CCCOC3)c(Cl)c2=O)CC1.Cc1nc(F)ccc1C(O)C1CCC(n2ncc(NCC3CCCOC3)c(Cl)c2=O)CC1. The summed E-state index contributed by atoms with van der Waals surface area (Å²) in [5.41, 5.74) is 2.53. The quantitative estimate of drug-likeness (QED) is 0.0919. The molecule has 0 spiro atoms. The molecule has 2 saturated heterocycles. The van der Waals surface area contributed by atoms with E-state index in [9.17, 15) is 28.3 Å². The van der Waals surface area contributed by atoms with Crippen LogP contribution in [0.15, 0.2) is 46.2 Å². The van der Waals surface area contributed by atoms with Crippen LogP contribution in [0.1, 0.15) is 123 Å². The Labute approximate surface area is 381 Å². The van der Waals surface area contributed by atoms with Gasteiger partial charge in [0.1, 0.15) is 10.0 Å². The number of rotatable bonds is 12. The second-order valence-corrected chi connectivity index (χ2v) is 18.4. The van der Waals surface area contributed by atoms with Gasteiger partial charge in [0.05, 0.1) is 60.9 Å². The summed E-state index contributed by atoms with van der Waals surface area (Å²) >= 11 is 12.7. The minimum absolute atomic E-state index is 0.0157. The predicted octanol–water partition coefficient (Wildman–Crippen LogP) is 8.23. The number of anilines is 2. The van der Waals surface area contributed by atoms with E-state index in [1.54, 1.807) is 32.3 Å². The van der Waals surface area contributed by atoms with E-state index in [1.807, 2.05) is 0 Å². The molecule has 4 aromatic heterocycles. The molecule has 3 unspecified atom stereocenters. The number of aryl methyl sites for hydroxylation is 2. The van der Waals surface area contributed by atoms with Gasteiger partial charge in [0, 0.05) is 49.0 Å². The van der Waals surface area contributed by atoms with Crippen molar-refractivity contribution in [2.75, 3.05) is 50.2 Å². The van der Waals surface area contributed by atoms with Gasteiger partial charge in [-0.15, -0.1) is 0 Å². The molecule has 0 radical (unpaired) electrons. The van der Waals surface area contributed by atoms with Gasteiger partial charge in [-0.1, -0.05) is 29.3 Å². The lowest BCUT2D eigenvalue weighted by atomic mass is 9.80. The van der Waals surface area contributed by atoms with E-state index < -0.39 is 18.0 Å². The summed E-state index contributed by atoms with van der Waals surface area (Å²) in [6.07, 6.45) is 12.3. The van der Waals surface area contributed by atoms with Crippen LogP contribution in [-0.2, 0) is 9.47 Å². The number of Topliss-reactive ketones (excluding diaryl/α,β-unsaturated/α-hetero) is 1. The molecule has 2 aliphatic carbocycles. The average molecular weight is 928 g/mol. The van der Waals surface area contributed by atoms with Gasteiger partial charge < -0.3 is 25.2 Å². The third-order valence-electron chi connectivity index (χ3n) is 13.2. The molecule has 0 aromatic carbocycles. The third kappa shape index (κ3) is 11.7. The van der Waals surface area contributed by atoms with E-state index >= 15 is 0 Å². The molecular formula is C46H58Cl2F2N8O6. The molecule has 2 aliphatic heterocycles. The van der Waals surface area contributed by atoms with Gasteiger partial charge in [-0.05, 0) is 127 Å².